The van der Waals surface area contributed by atoms with Crippen LogP contribution in [0, 0.1) is 0 Å². The second kappa shape index (κ2) is 11.7. The largest absolute Gasteiger partial charge is 0.496 e. The third kappa shape index (κ3) is 4.96. The van der Waals surface area contributed by atoms with Crippen molar-refractivity contribution in [2.45, 2.75) is 22.9 Å². The number of fused-ring (bicyclic) bond motifs is 3. The van der Waals surface area contributed by atoms with Crippen molar-refractivity contribution in [3.05, 3.63) is 70.8 Å². The van der Waals surface area contributed by atoms with Crippen LogP contribution in [-0.4, -0.2) is 65.1 Å². The summed E-state index contributed by atoms with van der Waals surface area (Å²) in [5.74, 6) is 0.671. The molecule has 204 valence electrons. The number of hydrogen-bond donors (Lipinski definition) is 0. The zero-order valence-electron chi connectivity index (χ0n) is 22.3. The molecule has 0 N–H and O–H groups in total. The fraction of sp³-hybridized carbons (Fsp3) is 0.310. The van der Waals surface area contributed by atoms with E-state index in [1.54, 1.807) is 57.4 Å². The number of rotatable bonds is 11. The molecule has 5 rings (SSSR count). The lowest BCUT2D eigenvalue weighted by Gasteiger charge is -2.33. The van der Waals surface area contributed by atoms with Crippen molar-refractivity contribution in [2.24, 2.45) is 0 Å². The molecule has 2 aliphatic heterocycles. The van der Waals surface area contributed by atoms with E-state index in [-0.39, 0.29) is 31.8 Å². The molecule has 2 aliphatic rings. The summed E-state index contributed by atoms with van der Waals surface area (Å²) >= 11 is 1.55. The Bertz CT molecular complexity index is 1380. The molecule has 2 amide bonds. The van der Waals surface area contributed by atoms with Gasteiger partial charge >= 0.3 is 0 Å². The van der Waals surface area contributed by atoms with Crippen LogP contribution in [-0.2, 0) is 27.4 Å². The minimum absolute atomic E-state index is 0.0814. The van der Waals surface area contributed by atoms with Gasteiger partial charge in [-0.25, -0.2) is 0 Å². The molecule has 0 spiro atoms. The molecule has 0 fully saturated rings. The number of anilines is 2. The molecule has 0 aromatic heterocycles. The molecule has 2 heterocycles. The molecule has 0 atom stereocenters. The van der Waals surface area contributed by atoms with Crippen molar-refractivity contribution in [1.82, 2.24) is 4.90 Å². The van der Waals surface area contributed by atoms with E-state index in [0.717, 1.165) is 32.3 Å². The van der Waals surface area contributed by atoms with Gasteiger partial charge in [-0.05, 0) is 36.4 Å². The summed E-state index contributed by atoms with van der Waals surface area (Å²) in [6.45, 7) is 1.40. The molecule has 0 bridgehead atoms. The highest BCUT2D eigenvalue weighted by molar-refractivity contribution is 7.99. The number of benzene rings is 3. The van der Waals surface area contributed by atoms with Gasteiger partial charge in [0.1, 0.15) is 18.3 Å². The number of carbonyl (C=O) groups is 2. The average molecular weight is 551 g/mol. The predicted octanol–water partition coefficient (Wildman–Crippen LogP) is 4.87. The number of hydrogen-bond acceptors (Lipinski definition) is 9. The predicted molar refractivity (Wildman–Crippen MR) is 146 cm³/mol. The van der Waals surface area contributed by atoms with Gasteiger partial charge < -0.3 is 28.6 Å². The smallest absolute Gasteiger partial charge is 0.261 e. The Morgan fingerprint density at radius 1 is 0.744 bits per heavy atom. The van der Waals surface area contributed by atoms with E-state index in [4.69, 9.17) is 23.7 Å². The van der Waals surface area contributed by atoms with Gasteiger partial charge in [0, 0.05) is 35.1 Å². The summed E-state index contributed by atoms with van der Waals surface area (Å²) < 4.78 is 27.7. The Morgan fingerprint density at radius 3 is 1.92 bits per heavy atom. The summed E-state index contributed by atoms with van der Waals surface area (Å²) in [4.78, 5) is 31.6. The highest BCUT2D eigenvalue weighted by Gasteiger charge is 2.37. The third-order valence-electron chi connectivity index (χ3n) is 6.80. The van der Waals surface area contributed by atoms with Gasteiger partial charge in [0.2, 0.25) is 0 Å². The molecule has 0 saturated carbocycles. The van der Waals surface area contributed by atoms with E-state index in [1.807, 2.05) is 31.3 Å². The first kappa shape index (κ1) is 27.0. The van der Waals surface area contributed by atoms with E-state index < -0.39 is 0 Å². The Balaban J connectivity index is 1.49. The molecule has 3 aromatic carbocycles. The number of ether oxygens (including phenoxy) is 5. The quantitative estimate of drug-likeness (QED) is 0.189. The topological polar surface area (TPSA) is 86.8 Å². The Hall–Kier alpha value is -3.57. The summed E-state index contributed by atoms with van der Waals surface area (Å²) in [6.07, 6.45) is 0. The first-order valence-electron chi connectivity index (χ1n) is 12.4. The first-order chi connectivity index (χ1) is 19.0. The van der Waals surface area contributed by atoms with Gasteiger partial charge in [0.25, 0.3) is 11.8 Å². The minimum atomic E-state index is -0.311. The van der Waals surface area contributed by atoms with E-state index in [2.05, 4.69) is 4.90 Å². The maximum atomic E-state index is 13.2. The zero-order valence-corrected chi connectivity index (χ0v) is 23.1. The average Bonchev–Trinajstić information content (AvgIpc) is 3.20. The second-order valence-corrected chi connectivity index (χ2v) is 9.98. The van der Waals surface area contributed by atoms with Gasteiger partial charge in [-0.3, -0.25) is 14.5 Å². The third-order valence-corrected chi connectivity index (χ3v) is 8.12. The van der Waals surface area contributed by atoms with Crippen LogP contribution < -0.4 is 14.4 Å². The fourth-order valence-corrected chi connectivity index (χ4v) is 6.19. The van der Waals surface area contributed by atoms with Crippen molar-refractivity contribution in [3.8, 4) is 11.5 Å². The van der Waals surface area contributed by atoms with E-state index in [0.29, 0.717) is 35.8 Å². The van der Waals surface area contributed by atoms with Crippen molar-refractivity contribution in [2.75, 3.05) is 53.3 Å². The molecular formula is C29H30N2O7S. The monoisotopic (exact) mass is 550 g/mol. The van der Waals surface area contributed by atoms with Crippen LogP contribution in [0.1, 0.15) is 31.8 Å². The molecular weight excluding hydrogens is 520 g/mol. The van der Waals surface area contributed by atoms with Gasteiger partial charge in [0.15, 0.2) is 0 Å². The lowest BCUT2D eigenvalue weighted by molar-refractivity contribution is -0.0732. The maximum absolute atomic E-state index is 13.2. The van der Waals surface area contributed by atoms with E-state index >= 15 is 0 Å². The normalized spacial score (nSPS) is 13.8. The van der Waals surface area contributed by atoms with Crippen LogP contribution in [0.4, 0.5) is 11.4 Å². The standard InChI is InChI=1S/C29H30N2O7S/c1-30-22-9-11-24(35-3)20(15-31-28(32)18-7-5-6-8-19(18)29(31)33)26(22)39-27-21(16-38-17-37-14-13-34-2)25(36-4)12-10-23(27)30/h5-12H,13-17H2,1-4H3. The van der Waals surface area contributed by atoms with E-state index in [9.17, 15) is 9.59 Å². The lowest BCUT2D eigenvalue weighted by atomic mass is 10.1. The maximum Gasteiger partial charge on any atom is 0.261 e. The molecule has 0 aliphatic carbocycles. The van der Waals surface area contributed by atoms with E-state index in [1.165, 1.54) is 4.90 Å². The molecule has 39 heavy (non-hydrogen) atoms. The van der Waals surface area contributed by atoms with Crippen LogP contribution >= 0.6 is 11.8 Å². The number of carbonyl (C=O) groups excluding carboxylic acids is 2. The van der Waals surface area contributed by atoms with Crippen LogP contribution in [0.15, 0.2) is 58.3 Å². The summed E-state index contributed by atoms with van der Waals surface area (Å²) in [6, 6.07) is 14.7. The molecule has 0 radical (unpaired) electrons. The first-order valence-corrected chi connectivity index (χ1v) is 13.2. The highest BCUT2D eigenvalue weighted by atomic mass is 32.2. The van der Waals surface area contributed by atoms with Crippen LogP contribution in [0.5, 0.6) is 11.5 Å². The number of nitrogens with zero attached hydrogens (tertiary/aromatic N) is 2. The summed E-state index contributed by atoms with van der Waals surface area (Å²) in [7, 11) is 6.82. The van der Waals surface area contributed by atoms with Gasteiger partial charge in [-0.15, -0.1) is 0 Å². The molecule has 0 saturated heterocycles. The van der Waals surface area contributed by atoms with Gasteiger partial charge in [-0.2, -0.15) is 0 Å². The van der Waals surface area contributed by atoms with Crippen LogP contribution in [0.3, 0.4) is 0 Å². The summed E-state index contributed by atoms with van der Waals surface area (Å²) in [5.41, 5.74) is 4.40. The van der Waals surface area contributed by atoms with Crippen LogP contribution in [0.2, 0.25) is 0 Å². The molecule has 0 unspecified atom stereocenters. The van der Waals surface area contributed by atoms with Gasteiger partial charge in [0.05, 0.1) is 63.1 Å². The Labute approximate surface area is 231 Å². The number of imide groups is 1. The van der Waals surface area contributed by atoms with Crippen molar-refractivity contribution in [1.29, 1.82) is 0 Å². The molecule has 9 nitrogen and oxygen atoms in total. The molecule has 3 aromatic rings. The van der Waals surface area contributed by atoms with Crippen molar-refractivity contribution >= 4 is 35.0 Å². The fourth-order valence-electron chi connectivity index (χ4n) is 4.80. The number of amides is 2. The van der Waals surface area contributed by atoms with Crippen molar-refractivity contribution < 1.29 is 33.3 Å². The van der Waals surface area contributed by atoms with Crippen LogP contribution in [0.25, 0.3) is 0 Å². The Kier molecular flexibility index (Phi) is 8.08. The van der Waals surface area contributed by atoms with Crippen molar-refractivity contribution in [3.63, 3.8) is 0 Å². The lowest BCUT2D eigenvalue weighted by Crippen LogP contribution is -2.30. The van der Waals surface area contributed by atoms with Gasteiger partial charge in [-0.1, -0.05) is 23.9 Å². The zero-order chi connectivity index (χ0) is 27.5. The minimum Gasteiger partial charge on any atom is -0.496 e. The SMILES string of the molecule is COCCOCOCc1c(OC)ccc2c1Sc1c(ccc(OC)c1CN1C(=O)c3ccccc3C1=O)N2C. The summed E-state index contributed by atoms with van der Waals surface area (Å²) in [5, 5.41) is 0. The number of methoxy groups -OCH3 is 3. The Morgan fingerprint density at radius 2 is 1.33 bits per heavy atom. The second-order valence-electron chi connectivity index (χ2n) is 8.96. The molecule has 10 heteroatoms. The highest BCUT2D eigenvalue weighted by Crippen LogP contribution is 2.53.